The van der Waals surface area contributed by atoms with Gasteiger partial charge >= 0.3 is 0 Å². The molecule has 27 heavy (non-hydrogen) atoms. The number of carbonyl (C=O) groups excluding carboxylic acids is 2. The van der Waals surface area contributed by atoms with Crippen LogP contribution in [0.5, 0.6) is 0 Å². The topological polar surface area (TPSA) is 78.0 Å². The standard InChI is InChI=1S/C21H20ClN3O2/c1-13-11-17(21(2,20(23)27)15-5-4-10-24-12-15)25(3)18(13)19(26)14-6-8-16(22)9-7-14/h4-12H,1-3H3,(H2,23,27). The van der Waals surface area contributed by atoms with Crippen LogP contribution in [0.15, 0.2) is 54.9 Å². The normalized spacial score (nSPS) is 13.2. The van der Waals surface area contributed by atoms with Crippen molar-refractivity contribution in [3.63, 3.8) is 0 Å². The minimum atomic E-state index is -1.12. The van der Waals surface area contributed by atoms with E-state index >= 15 is 0 Å². The number of aromatic nitrogens is 2. The third-order valence-electron chi connectivity index (χ3n) is 4.99. The van der Waals surface area contributed by atoms with Gasteiger partial charge in [0.25, 0.3) is 0 Å². The molecule has 2 heterocycles. The fourth-order valence-electron chi connectivity index (χ4n) is 3.38. The molecule has 1 unspecified atom stereocenters. The maximum Gasteiger partial charge on any atom is 0.233 e. The van der Waals surface area contributed by atoms with E-state index in [1.165, 1.54) is 0 Å². The number of hydrogen-bond acceptors (Lipinski definition) is 3. The number of primary amides is 1. The van der Waals surface area contributed by atoms with Crippen molar-refractivity contribution in [1.29, 1.82) is 0 Å². The fourth-order valence-corrected chi connectivity index (χ4v) is 3.51. The van der Waals surface area contributed by atoms with Crippen LogP contribution >= 0.6 is 11.6 Å². The highest BCUT2D eigenvalue weighted by atomic mass is 35.5. The first-order valence-corrected chi connectivity index (χ1v) is 8.82. The average Bonchev–Trinajstić information content (AvgIpc) is 2.96. The largest absolute Gasteiger partial charge is 0.369 e. The van der Waals surface area contributed by atoms with E-state index in [9.17, 15) is 9.59 Å². The molecule has 138 valence electrons. The third-order valence-corrected chi connectivity index (χ3v) is 5.24. The number of carbonyl (C=O) groups is 2. The second-order valence-corrected chi connectivity index (χ2v) is 7.12. The number of pyridine rings is 1. The average molecular weight is 382 g/mol. The number of rotatable bonds is 5. The van der Waals surface area contributed by atoms with Gasteiger partial charge in [0, 0.05) is 35.7 Å². The summed E-state index contributed by atoms with van der Waals surface area (Å²) < 4.78 is 1.74. The SMILES string of the molecule is Cc1cc(C(C)(C(N)=O)c2cccnc2)n(C)c1C(=O)c1ccc(Cl)cc1. The van der Waals surface area contributed by atoms with Gasteiger partial charge in [0.05, 0.1) is 5.69 Å². The van der Waals surface area contributed by atoms with E-state index in [-0.39, 0.29) is 5.78 Å². The van der Waals surface area contributed by atoms with Gasteiger partial charge in [-0.2, -0.15) is 0 Å². The molecule has 1 atom stereocenters. The van der Waals surface area contributed by atoms with Gasteiger partial charge in [0.15, 0.2) is 0 Å². The highest BCUT2D eigenvalue weighted by molar-refractivity contribution is 6.30. The van der Waals surface area contributed by atoms with E-state index < -0.39 is 11.3 Å². The summed E-state index contributed by atoms with van der Waals surface area (Å²) in [5.74, 6) is -0.655. The van der Waals surface area contributed by atoms with Gasteiger partial charge in [0.1, 0.15) is 5.41 Å². The first-order valence-electron chi connectivity index (χ1n) is 8.44. The lowest BCUT2D eigenvalue weighted by Gasteiger charge is -2.27. The Morgan fingerprint density at radius 3 is 2.41 bits per heavy atom. The number of nitrogens with two attached hydrogens (primary N) is 1. The molecule has 0 fully saturated rings. The molecule has 2 aromatic heterocycles. The summed E-state index contributed by atoms with van der Waals surface area (Å²) >= 11 is 5.92. The van der Waals surface area contributed by atoms with E-state index in [1.807, 2.05) is 13.0 Å². The van der Waals surface area contributed by atoms with Gasteiger partial charge in [-0.15, -0.1) is 0 Å². The van der Waals surface area contributed by atoms with Gasteiger partial charge < -0.3 is 10.3 Å². The van der Waals surface area contributed by atoms with E-state index in [0.29, 0.717) is 27.5 Å². The van der Waals surface area contributed by atoms with Crippen molar-refractivity contribution >= 4 is 23.3 Å². The summed E-state index contributed by atoms with van der Waals surface area (Å²) in [4.78, 5) is 29.6. The van der Waals surface area contributed by atoms with Gasteiger partial charge in [0.2, 0.25) is 11.7 Å². The molecule has 1 aromatic carbocycles. The van der Waals surface area contributed by atoms with Crippen molar-refractivity contribution in [3.8, 4) is 0 Å². The van der Waals surface area contributed by atoms with Crippen LogP contribution in [0.4, 0.5) is 0 Å². The number of nitrogens with zero attached hydrogens (tertiary/aromatic N) is 2. The number of ketones is 1. The lowest BCUT2D eigenvalue weighted by atomic mass is 9.79. The number of halogens is 1. The van der Waals surface area contributed by atoms with Crippen LogP contribution in [0.3, 0.4) is 0 Å². The van der Waals surface area contributed by atoms with Crippen molar-refractivity contribution < 1.29 is 9.59 Å². The molecule has 0 saturated carbocycles. The van der Waals surface area contributed by atoms with E-state index in [4.69, 9.17) is 17.3 Å². The lowest BCUT2D eigenvalue weighted by molar-refractivity contribution is -0.121. The summed E-state index contributed by atoms with van der Waals surface area (Å²) in [6, 6.07) is 12.1. The predicted molar refractivity (Wildman–Crippen MR) is 105 cm³/mol. The predicted octanol–water partition coefficient (Wildman–Crippen LogP) is 3.40. The minimum absolute atomic E-state index is 0.143. The van der Waals surface area contributed by atoms with Gasteiger partial charge in [-0.25, -0.2) is 0 Å². The molecule has 3 rings (SSSR count). The zero-order valence-corrected chi connectivity index (χ0v) is 16.1. The maximum atomic E-state index is 13.1. The van der Waals surface area contributed by atoms with E-state index in [2.05, 4.69) is 4.98 Å². The highest BCUT2D eigenvalue weighted by Gasteiger charge is 2.39. The molecule has 1 amide bonds. The van der Waals surface area contributed by atoms with Crippen LogP contribution in [0.2, 0.25) is 5.02 Å². The first kappa shape index (κ1) is 18.9. The van der Waals surface area contributed by atoms with Gasteiger partial charge in [-0.05, 0) is 61.4 Å². The second kappa shape index (κ2) is 7.00. The molecule has 6 heteroatoms. The van der Waals surface area contributed by atoms with E-state index in [1.54, 1.807) is 67.3 Å². The third kappa shape index (κ3) is 3.15. The Balaban J connectivity index is 2.16. The van der Waals surface area contributed by atoms with Crippen LogP contribution in [-0.4, -0.2) is 21.2 Å². The molecular weight excluding hydrogens is 362 g/mol. The summed E-state index contributed by atoms with van der Waals surface area (Å²) in [5, 5.41) is 0.564. The first-order chi connectivity index (χ1) is 12.8. The molecule has 0 saturated heterocycles. The van der Waals surface area contributed by atoms with Crippen LogP contribution < -0.4 is 5.73 Å². The zero-order chi connectivity index (χ0) is 19.8. The minimum Gasteiger partial charge on any atom is -0.369 e. The van der Waals surface area contributed by atoms with Crippen molar-refractivity contribution in [2.24, 2.45) is 12.8 Å². The molecular formula is C21H20ClN3O2. The summed E-state index contributed by atoms with van der Waals surface area (Å²) in [5.41, 5.74) is 7.77. The van der Waals surface area contributed by atoms with Crippen LogP contribution in [-0.2, 0) is 17.3 Å². The number of amides is 1. The van der Waals surface area contributed by atoms with Crippen molar-refractivity contribution in [2.75, 3.05) is 0 Å². The Labute approximate surface area is 162 Å². The summed E-state index contributed by atoms with van der Waals surface area (Å²) in [6.07, 6.45) is 3.25. The van der Waals surface area contributed by atoms with Gasteiger partial charge in [-0.1, -0.05) is 17.7 Å². The molecule has 3 aromatic rings. The molecule has 5 nitrogen and oxygen atoms in total. The molecule has 0 bridgehead atoms. The Morgan fingerprint density at radius 1 is 1.19 bits per heavy atom. The zero-order valence-electron chi connectivity index (χ0n) is 15.4. The lowest BCUT2D eigenvalue weighted by Crippen LogP contribution is -2.41. The fraction of sp³-hybridized carbons (Fsp3) is 0.190. The molecule has 0 aliphatic rings. The number of aryl methyl sites for hydroxylation is 1. The second-order valence-electron chi connectivity index (χ2n) is 6.69. The van der Waals surface area contributed by atoms with Crippen molar-refractivity contribution in [3.05, 3.63) is 88.0 Å². The van der Waals surface area contributed by atoms with Gasteiger partial charge in [-0.3, -0.25) is 14.6 Å². The van der Waals surface area contributed by atoms with Crippen molar-refractivity contribution in [1.82, 2.24) is 9.55 Å². The number of hydrogen-bond donors (Lipinski definition) is 1. The Kier molecular flexibility index (Phi) is 4.89. The molecule has 2 N–H and O–H groups in total. The van der Waals surface area contributed by atoms with Crippen LogP contribution in [0.25, 0.3) is 0 Å². The molecule has 0 aliphatic heterocycles. The summed E-state index contributed by atoms with van der Waals surface area (Å²) in [7, 11) is 1.77. The Bertz CT molecular complexity index is 1010. The van der Waals surface area contributed by atoms with Crippen LogP contribution in [0, 0.1) is 6.92 Å². The monoisotopic (exact) mass is 381 g/mol. The molecule has 0 spiro atoms. The smallest absolute Gasteiger partial charge is 0.233 e. The molecule has 0 radical (unpaired) electrons. The number of benzene rings is 1. The summed E-state index contributed by atoms with van der Waals surface area (Å²) in [6.45, 7) is 3.59. The highest BCUT2D eigenvalue weighted by Crippen LogP contribution is 2.34. The Hall–Kier alpha value is -2.92. The van der Waals surface area contributed by atoms with Crippen LogP contribution in [0.1, 0.15) is 39.8 Å². The van der Waals surface area contributed by atoms with Crippen molar-refractivity contribution in [2.45, 2.75) is 19.3 Å². The quantitative estimate of drug-likeness (QED) is 0.688. The Morgan fingerprint density at radius 2 is 1.85 bits per heavy atom. The molecule has 0 aliphatic carbocycles. The van der Waals surface area contributed by atoms with E-state index in [0.717, 1.165) is 5.56 Å². The maximum absolute atomic E-state index is 13.1.